The second kappa shape index (κ2) is 11.8. The molecule has 25 heavy (non-hydrogen) atoms. The maximum atomic E-state index is 11.3. The second-order valence-electron chi connectivity index (χ2n) is 5.64. The summed E-state index contributed by atoms with van der Waals surface area (Å²) in [6.07, 6.45) is 0.393. The van der Waals surface area contributed by atoms with Gasteiger partial charge in [0.15, 0.2) is 0 Å². The number of hydrogen-bond donors (Lipinski definition) is 3. The number of rotatable bonds is 11. The molecule has 8 nitrogen and oxygen atoms in total. The molecule has 1 fully saturated rings. The molecule has 8 heteroatoms. The highest BCUT2D eigenvalue weighted by Gasteiger charge is 2.40. The van der Waals surface area contributed by atoms with E-state index in [9.17, 15) is 19.8 Å². The van der Waals surface area contributed by atoms with E-state index in [1.165, 1.54) is 12.2 Å². The van der Waals surface area contributed by atoms with E-state index in [2.05, 4.69) is 18.5 Å². The van der Waals surface area contributed by atoms with Gasteiger partial charge in [-0.3, -0.25) is 9.59 Å². The van der Waals surface area contributed by atoms with Crippen LogP contribution in [0.5, 0.6) is 0 Å². The fraction of sp³-hybridized carbons (Fsp3) is 0.647. The van der Waals surface area contributed by atoms with E-state index in [0.29, 0.717) is 26.0 Å². The Morgan fingerprint density at radius 3 is 2.72 bits per heavy atom. The summed E-state index contributed by atoms with van der Waals surface area (Å²) in [5.41, 5.74) is 0. The molecule has 0 radical (unpaired) electrons. The number of carbonyl (C=O) groups is 2. The Balaban J connectivity index is 2.31. The van der Waals surface area contributed by atoms with E-state index in [4.69, 9.17) is 14.2 Å². The summed E-state index contributed by atoms with van der Waals surface area (Å²) in [5, 5.41) is 22.8. The Kier molecular flexibility index (Phi) is 10.0. The Morgan fingerprint density at radius 2 is 2.04 bits per heavy atom. The van der Waals surface area contributed by atoms with Gasteiger partial charge in [0.2, 0.25) is 5.91 Å². The topological polar surface area (TPSA) is 114 Å². The minimum atomic E-state index is -1.11. The van der Waals surface area contributed by atoms with Crippen LogP contribution in [0.15, 0.2) is 25.3 Å². The molecule has 1 saturated heterocycles. The lowest BCUT2D eigenvalue weighted by Gasteiger charge is -2.37. The maximum Gasteiger partial charge on any atom is 0.309 e. The van der Waals surface area contributed by atoms with Gasteiger partial charge in [-0.2, -0.15) is 0 Å². The number of unbranched alkanes of at least 4 members (excludes halogenated alkanes) is 1. The maximum absolute atomic E-state index is 11.3. The van der Waals surface area contributed by atoms with Crippen LogP contribution in [-0.4, -0.2) is 72.9 Å². The van der Waals surface area contributed by atoms with Gasteiger partial charge in [-0.15, -0.1) is 6.58 Å². The first-order chi connectivity index (χ1) is 12.0. The minimum absolute atomic E-state index is 0.0131. The normalized spacial score (nSPS) is 25.8. The van der Waals surface area contributed by atoms with Crippen LogP contribution >= 0.6 is 0 Å². The van der Waals surface area contributed by atoms with Crippen LogP contribution in [0, 0.1) is 0 Å². The fourth-order valence-electron chi connectivity index (χ4n) is 2.29. The van der Waals surface area contributed by atoms with E-state index in [1.54, 1.807) is 0 Å². The standard InChI is InChI=1S/C17H27NO7/c1-3-7-15(21)25-11-13-16(22)17(12(19)10-24-13)23-9-6-5-8-18-14(20)4-2/h3-4,12-13,16-17,19,22H,1-2,5-11H2,(H,18,20). The molecule has 1 heterocycles. The van der Waals surface area contributed by atoms with Crippen LogP contribution in [-0.2, 0) is 23.8 Å². The van der Waals surface area contributed by atoms with Crippen LogP contribution in [0.4, 0.5) is 0 Å². The molecule has 1 amide bonds. The molecule has 0 spiro atoms. The van der Waals surface area contributed by atoms with Crippen molar-refractivity contribution >= 4 is 11.9 Å². The molecule has 0 aliphatic carbocycles. The molecular formula is C17H27NO7. The Bertz CT molecular complexity index is 454. The number of aliphatic hydroxyl groups is 2. The Hall–Kier alpha value is -1.74. The van der Waals surface area contributed by atoms with E-state index in [1.807, 2.05) is 0 Å². The smallest absolute Gasteiger partial charge is 0.309 e. The summed E-state index contributed by atoms with van der Waals surface area (Å²) in [7, 11) is 0. The van der Waals surface area contributed by atoms with Gasteiger partial charge in [0, 0.05) is 13.2 Å². The highest BCUT2D eigenvalue weighted by Crippen LogP contribution is 2.19. The average molecular weight is 357 g/mol. The van der Waals surface area contributed by atoms with Crippen LogP contribution in [0.3, 0.4) is 0 Å². The quantitative estimate of drug-likeness (QED) is 0.201. The summed E-state index contributed by atoms with van der Waals surface area (Å²) in [6, 6.07) is 0. The van der Waals surface area contributed by atoms with Crippen molar-refractivity contribution in [1.82, 2.24) is 5.32 Å². The van der Waals surface area contributed by atoms with E-state index >= 15 is 0 Å². The van der Waals surface area contributed by atoms with Gasteiger partial charge < -0.3 is 29.7 Å². The van der Waals surface area contributed by atoms with Crippen molar-refractivity contribution in [2.24, 2.45) is 0 Å². The molecule has 4 atom stereocenters. The van der Waals surface area contributed by atoms with Gasteiger partial charge >= 0.3 is 5.97 Å². The number of ether oxygens (including phenoxy) is 3. The number of nitrogens with one attached hydrogen (secondary N) is 1. The number of amides is 1. The molecule has 0 aromatic rings. The van der Waals surface area contributed by atoms with Crippen molar-refractivity contribution < 1.29 is 34.0 Å². The molecular weight excluding hydrogens is 330 g/mol. The van der Waals surface area contributed by atoms with Gasteiger partial charge in [-0.05, 0) is 18.9 Å². The first-order valence-corrected chi connectivity index (χ1v) is 8.25. The molecule has 3 N–H and O–H groups in total. The summed E-state index contributed by atoms with van der Waals surface area (Å²) in [6.45, 7) is 7.47. The van der Waals surface area contributed by atoms with Crippen molar-refractivity contribution in [3.05, 3.63) is 25.3 Å². The Labute approximate surface area is 147 Å². The van der Waals surface area contributed by atoms with Crippen LogP contribution in [0.25, 0.3) is 0 Å². The molecule has 1 rings (SSSR count). The lowest BCUT2D eigenvalue weighted by Crippen LogP contribution is -2.55. The van der Waals surface area contributed by atoms with Crippen molar-refractivity contribution in [2.45, 2.75) is 43.7 Å². The molecule has 0 saturated carbocycles. The summed E-state index contributed by atoms with van der Waals surface area (Å²) >= 11 is 0. The third-order valence-electron chi connectivity index (χ3n) is 3.66. The minimum Gasteiger partial charge on any atom is -0.463 e. The average Bonchev–Trinajstić information content (AvgIpc) is 2.59. The molecule has 142 valence electrons. The number of carbonyl (C=O) groups excluding carboxylic acids is 2. The van der Waals surface area contributed by atoms with Gasteiger partial charge in [-0.25, -0.2) is 0 Å². The summed E-state index contributed by atoms with van der Waals surface area (Å²) in [4.78, 5) is 22.3. The van der Waals surface area contributed by atoms with Crippen LogP contribution in [0.1, 0.15) is 19.3 Å². The van der Waals surface area contributed by atoms with Crippen molar-refractivity contribution in [1.29, 1.82) is 0 Å². The first-order valence-electron chi connectivity index (χ1n) is 8.25. The molecule has 0 bridgehead atoms. The molecule has 4 unspecified atom stereocenters. The fourth-order valence-corrected chi connectivity index (χ4v) is 2.29. The highest BCUT2D eigenvalue weighted by molar-refractivity contribution is 5.86. The summed E-state index contributed by atoms with van der Waals surface area (Å²) < 4.78 is 15.8. The van der Waals surface area contributed by atoms with Crippen LogP contribution < -0.4 is 5.32 Å². The Morgan fingerprint density at radius 1 is 1.28 bits per heavy atom. The predicted octanol–water partition coefficient (Wildman–Crippen LogP) is -0.306. The molecule has 1 aliphatic rings. The number of aliphatic hydroxyl groups excluding tert-OH is 2. The van der Waals surface area contributed by atoms with Crippen molar-refractivity contribution in [2.75, 3.05) is 26.4 Å². The third-order valence-corrected chi connectivity index (χ3v) is 3.66. The lowest BCUT2D eigenvalue weighted by atomic mass is 10.0. The zero-order valence-corrected chi connectivity index (χ0v) is 14.3. The van der Waals surface area contributed by atoms with Gasteiger partial charge in [0.25, 0.3) is 0 Å². The van der Waals surface area contributed by atoms with E-state index < -0.39 is 30.4 Å². The van der Waals surface area contributed by atoms with Gasteiger partial charge in [0.1, 0.15) is 31.0 Å². The van der Waals surface area contributed by atoms with Crippen LogP contribution in [0.2, 0.25) is 0 Å². The molecule has 0 aromatic heterocycles. The second-order valence-corrected chi connectivity index (χ2v) is 5.64. The monoisotopic (exact) mass is 357 g/mol. The lowest BCUT2D eigenvalue weighted by molar-refractivity contribution is -0.214. The number of esters is 1. The van der Waals surface area contributed by atoms with Gasteiger partial charge in [0.05, 0.1) is 13.0 Å². The largest absolute Gasteiger partial charge is 0.463 e. The van der Waals surface area contributed by atoms with E-state index in [-0.39, 0.29) is 25.5 Å². The molecule has 0 aromatic carbocycles. The van der Waals surface area contributed by atoms with E-state index in [0.717, 1.165) is 0 Å². The zero-order valence-electron chi connectivity index (χ0n) is 14.3. The first kappa shape index (κ1) is 21.3. The molecule has 1 aliphatic heterocycles. The van der Waals surface area contributed by atoms with Crippen molar-refractivity contribution in [3.8, 4) is 0 Å². The van der Waals surface area contributed by atoms with Crippen molar-refractivity contribution in [3.63, 3.8) is 0 Å². The number of hydrogen-bond acceptors (Lipinski definition) is 7. The predicted molar refractivity (Wildman–Crippen MR) is 89.7 cm³/mol. The highest BCUT2D eigenvalue weighted by atomic mass is 16.6. The van der Waals surface area contributed by atoms with Gasteiger partial charge in [-0.1, -0.05) is 12.7 Å². The summed E-state index contributed by atoms with van der Waals surface area (Å²) in [5.74, 6) is -0.694. The SMILES string of the molecule is C=CCC(=O)OCC1OCC(O)C(OCCCCNC(=O)C=C)C1O. The third kappa shape index (κ3) is 7.78. The zero-order chi connectivity index (χ0) is 18.7.